The van der Waals surface area contributed by atoms with Gasteiger partial charge in [0.15, 0.2) is 0 Å². The Balaban J connectivity index is 1.98. The van der Waals surface area contributed by atoms with Gasteiger partial charge < -0.3 is 10.0 Å². The Morgan fingerprint density at radius 3 is 2.71 bits per heavy atom. The smallest absolute Gasteiger partial charge is 0.305 e. The maximum atomic E-state index is 12.7. The topological polar surface area (TPSA) is 57.6 Å². The summed E-state index contributed by atoms with van der Waals surface area (Å²) in [5, 5.41) is 9.02. The summed E-state index contributed by atoms with van der Waals surface area (Å²) in [4.78, 5) is 25.5. The first-order valence-electron chi connectivity index (χ1n) is 7.99. The number of carbonyl (C=O) groups excluding carboxylic acids is 1. The first-order valence-corrected chi connectivity index (χ1v) is 9.14. The Labute approximate surface area is 131 Å². The maximum Gasteiger partial charge on any atom is 0.305 e. The first kappa shape index (κ1) is 16.7. The number of hydrogen-bond donors (Lipinski definition) is 1. The van der Waals surface area contributed by atoms with E-state index in [1.165, 1.54) is 19.3 Å². The van der Waals surface area contributed by atoms with E-state index in [9.17, 15) is 9.59 Å². The van der Waals surface area contributed by atoms with Crippen molar-refractivity contribution < 1.29 is 14.7 Å². The fraction of sp³-hybridized carbons (Fsp3) is 0.875. The zero-order valence-corrected chi connectivity index (χ0v) is 14.0. The predicted octanol–water partition coefficient (Wildman–Crippen LogP) is 3.01. The molecule has 1 aliphatic heterocycles. The normalized spacial score (nSPS) is 29.1. The van der Waals surface area contributed by atoms with Gasteiger partial charge in [-0.1, -0.05) is 26.7 Å². The summed E-state index contributed by atoms with van der Waals surface area (Å²) in [5.41, 5.74) is 0.237. The second-order valence-corrected chi connectivity index (χ2v) is 8.20. The van der Waals surface area contributed by atoms with Crippen LogP contribution in [0.4, 0.5) is 0 Å². The third kappa shape index (κ3) is 4.38. The second kappa shape index (κ2) is 7.03. The number of hydrogen-bond acceptors (Lipinski definition) is 3. The number of thioether (sulfide) groups is 1. The predicted molar refractivity (Wildman–Crippen MR) is 85.4 cm³/mol. The second-order valence-electron chi connectivity index (χ2n) is 7.05. The molecule has 2 rings (SSSR count). The lowest BCUT2D eigenvalue weighted by Gasteiger charge is -2.41. The zero-order chi connectivity index (χ0) is 15.5. The third-order valence-corrected chi connectivity index (χ3v) is 6.20. The number of rotatable bonds is 4. The molecule has 5 heteroatoms. The van der Waals surface area contributed by atoms with Crippen LogP contribution in [0.5, 0.6) is 0 Å². The summed E-state index contributed by atoms with van der Waals surface area (Å²) < 4.78 is 0. The molecule has 1 heterocycles. The molecule has 0 aromatic carbocycles. The average Bonchev–Trinajstić information content (AvgIpc) is 2.41. The molecule has 2 unspecified atom stereocenters. The van der Waals surface area contributed by atoms with E-state index in [1.807, 2.05) is 4.90 Å². The van der Waals surface area contributed by atoms with Crippen LogP contribution in [0.2, 0.25) is 0 Å². The lowest BCUT2D eigenvalue weighted by Crippen LogP contribution is -2.48. The van der Waals surface area contributed by atoms with E-state index in [0.717, 1.165) is 17.9 Å². The van der Waals surface area contributed by atoms with Gasteiger partial charge in [-0.3, -0.25) is 9.59 Å². The summed E-state index contributed by atoms with van der Waals surface area (Å²) in [6.45, 7) is 5.24. The van der Waals surface area contributed by atoms with E-state index in [4.69, 9.17) is 5.11 Å². The minimum atomic E-state index is -0.807. The fourth-order valence-electron chi connectivity index (χ4n) is 3.63. The molecule has 2 fully saturated rings. The fourth-order valence-corrected chi connectivity index (χ4v) is 4.69. The van der Waals surface area contributed by atoms with Crippen molar-refractivity contribution in [3.63, 3.8) is 0 Å². The highest BCUT2D eigenvalue weighted by atomic mass is 32.2. The SMILES string of the molecule is CC1(C)CCCCC1CC(=O)N1CCSCC1CC(=O)O. The van der Waals surface area contributed by atoms with Crippen molar-refractivity contribution in [2.24, 2.45) is 11.3 Å². The summed E-state index contributed by atoms with van der Waals surface area (Å²) in [7, 11) is 0. The number of carbonyl (C=O) groups is 2. The molecule has 0 bridgehead atoms. The Hall–Kier alpha value is -0.710. The average molecular weight is 313 g/mol. The number of nitrogens with zero attached hydrogens (tertiary/aromatic N) is 1. The van der Waals surface area contributed by atoms with Crippen LogP contribution in [0.25, 0.3) is 0 Å². The zero-order valence-electron chi connectivity index (χ0n) is 13.1. The molecule has 1 amide bonds. The van der Waals surface area contributed by atoms with Crippen LogP contribution in [0, 0.1) is 11.3 Å². The van der Waals surface area contributed by atoms with Crippen LogP contribution >= 0.6 is 11.8 Å². The van der Waals surface area contributed by atoms with Gasteiger partial charge in [0.1, 0.15) is 0 Å². The van der Waals surface area contributed by atoms with Gasteiger partial charge in [-0.25, -0.2) is 0 Å². The highest BCUT2D eigenvalue weighted by Crippen LogP contribution is 2.42. The molecule has 1 saturated carbocycles. The molecule has 120 valence electrons. The molecule has 4 nitrogen and oxygen atoms in total. The summed E-state index contributed by atoms with van der Waals surface area (Å²) in [6, 6.07) is -0.125. The Morgan fingerprint density at radius 1 is 1.29 bits per heavy atom. The maximum absolute atomic E-state index is 12.7. The monoisotopic (exact) mass is 313 g/mol. The quantitative estimate of drug-likeness (QED) is 0.867. The molecule has 0 aromatic heterocycles. The molecule has 1 saturated heterocycles. The number of carboxylic acid groups (broad SMARTS) is 1. The van der Waals surface area contributed by atoms with Gasteiger partial charge in [-0.2, -0.15) is 11.8 Å². The highest BCUT2D eigenvalue weighted by molar-refractivity contribution is 7.99. The molecule has 0 radical (unpaired) electrons. The molecule has 1 N–H and O–H groups in total. The summed E-state index contributed by atoms with van der Waals surface area (Å²) in [5.74, 6) is 1.49. The minimum absolute atomic E-state index is 0.0762. The Morgan fingerprint density at radius 2 is 2.05 bits per heavy atom. The first-order chi connectivity index (χ1) is 9.90. The highest BCUT2D eigenvalue weighted by Gasteiger charge is 2.36. The minimum Gasteiger partial charge on any atom is -0.481 e. The lowest BCUT2D eigenvalue weighted by atomic mass is 9.67. The van der Waals surface area contributed by atoms with Crippen LogP contribution in [0.1, 0.15) is 52.4 Å². The molecule has 2 atom stereocenters. The van der Waals surface area contributed by atoms with Gasteiger partial charge in [0.2, 0.25) is 5.91 Å². The van der Waals surface area contributed by atoms with E-state index in [0.29, 0.717) is 18.9 Å². The van der Waals surface area contributed by atoms with E-state index >= 15 is 0 Å². The van der Waals surface area contributed by atoms with E-state index in [-0.39, 0.29) is 23.8 Å². The van der Waals surface area contributed by atoms with Crippen molar-refractivity contribution >= 4 is 23.6 Å². The van der Waals surface area contributed by atoms with Gasteiger partial charge in [-0.15, -0.1) is 0 Å². The third-order valence-electron chi connectivity index (χ3n) is 5.11. The van der Waals surface area contributed by atoms with Crippen LogP contribution in [-0.2, 0) is 9.59 Å². The largest absolute Gasteiger partial charge is 0.481 e. The summed E-state index contributed by atoms with van der Waals surface area (Å²) >= 11 is 1.75. The van der Waals surface area contributed by atoms with Crippen molar-refractivity contribution in [3.05, 3.63) is 0 Å². The van der Waals surface area contributed by atoms with Crippen molar-refractivity contribution in [2.45, 2.75) is 58.4 Å². The van der Waals surface area contributed by atoms with E-state index in [2.05, 4.69) is 13.8 Å². The Kier molecular flexibility index (Phi) is 5.58. The molecule has 2 aliphatic rings. The van der Waals surface area contributed by atoms with Crippen molar-refractivity contribution in [1.29, 1.82) is 0 Å². The molecule has 1 aliphatic carbocycles. The van der Waals surface area contributed by atoms with E-state index in [1.54, 1.807) is 11.8 Å². The molecule has 0 spiro atoms. The Bertz CT molecular complexity index is 397. The van der Waals surface area contributed by atoms with Crippen molar-refractivity contribution in [3.8, 4) is 0 Å². The lowest BCUT2D eigenvalue weighted by molar-refractivity contribution is -0.141. The van der Waals surface area contributed by atoms with Gasteiger partial charge in [0, 0.05) is 24.5 Å². The number of carboxylic acids is 1. The molecule has 21 heavy (non-hydrogen) atoms. The van der Waals surface area contributed by atoms with Crippen molar-refractivity contribution in [1.82, 2.24) is 4.90 Å². The van der Waals surface area contributed by atoms with Crippen LogP contribution < -0.4 is 0 Å². The van der Waals surface area contributed by atoms with Crippen molar-refractivity contribution in [2.75, 3.05) is 18.1 Å². The van der Waals surface area contributed by atoms with Gasteiger partial charge in [0.25, 0.3) is 0 Å². The van der Waals surface area contributed by atoms with Gasteiger partial charge in [0.05, 0.1) is 12.5 Å². The van der Waals surface area contributed by atoms with Crippen LogP contribution in [-0.4, -0.2) is 46.0 Å². The molecular formula is C16H27NO3S. The standard InChI is InChI=1S/C16H27NO3S/c1-16(2)6-4-3-5-12(16)9-14(18)17-7-8-21-11-13(17)10-15(19)20/h12-13H,3-11H2,1-2H3,(H,19,20). The van der Waals surface area contributed by atoms with E-state index < -0.39 is 5.97 Å². The van der Waals surface area contributed by atoms with Crippen LogP contribution in [0.3, 0.4) is 0 Å². The molecule has 0 aromatic rings. The molecular weight excluding hydrogens is 286 g/mol. The van der Waals surface area contributed by atoms with Gasteiger partial charge >= 0.3 is 5.97 Å². The van der Waals surface area contributed by atoms with Gasteiger partial charge in [-0.05, 0) is 24.2 Å². The number of amides is 1. The van der Waals surface area contributed by atoms with Crippen LogP contribution in [0.15, 0.2) is 0 Å². The number of aliphatic carboxylic acids is 1. The summed E-state index contributed by atoms with van der Waals surface area (Å²) in [6.07, 6.45) is 5.47.